The number of phenolic OH excluding ortho intramolecular Hbond substituents is 1. The molecule has 3 aromatic carbocycles. The van der Waals surface area contributed by atoms with E-state index in [1.807, 2.05) is 0 Å². The van der Waals surface area contributed by atoms with Gasteiger partial charge in [0.05, 0.1) is 42.8 Å². The number of methoxy groups -OCH3 is 2. The van der Waals surface area contributed by atoms with Crippen molar-refractivity contribution in [1.82, 2.24) is 15.0 Å². The minimum Gasteiger partial charge on any atom is -0.504 e. The van der Waals surface area contributed by atoms with Crippen molar-refractivity contribution in [1.29, 1.82) is 0 Å². The lowest BCUT2D eigenvalue weighted by Gasteiger charge is -2.13. The number of rotatable bonds is 8. The van der Waals surface area contributed by atoms with Crippen molar-refractivity contribution in [3.05, 3.63) is 82.6 Å². The largest absolute Gasteiger partial charge is 0.504 e. The fourth-order valence-corrected chi connectivity index (χ4v) is 4.12. The van der Waals surface area contributed by atoms with Crippen molar-refractivity contribution in [2.45, 2.75) is 5.16 Å². The molecule has 9 nitrogen and oxygen atoms in total. The van der Waals surface area contributed by atoms with Gasteiger partial charge >= 0.3 is 0 Å². The second kappa shape index (κ2) is 10.7. The summed E-state index contributed by atoms with van der Waals surface area (Å²) in [5.41, 5.74) is 3.71. The Balaban J connectivity index is 1.55. The summed E-state index contributed by atoms with van der Waals surface area (Å²) in [5, 5.41) is 14.8. The highest BCUT2D eigenvalue weighted by Gasteiger charge is 2.15. The quantitative estimate of drug-likeness (QED) is 0.168. The van der Waals surface area contributed by atoms with Crippen molar-refractivity contribution in [2.75, 3.05) is 20.0 Å². The molecule has 0 unspecified atom stereocenters. The molecule has 2 N–H and O–H groups in total. The molecule has 0 radical (unpaired) electrons. The van der Waals surface area contributed by atoms with E-state index in [0.717, 1.165) is 11.8 Å². The molecule has 0 spiro atoms. The number of amides is 1. The topological polar surface area (TPSA) is 115 Å². The number of nitrogens with zero attached hydrogens (tertiary/aromatic N) is 3. The van der Waals surface area contributed by atoms with Gasteiger partial charge in [-0.3, -0.25) is 14.2 Å². The molecule has 35 heavy (non-hydrogen) atoms. The number of hydrogen-bond donors (Lipinski definition) is 2. The van der Waals surface area contributed by atoms with Gasteiger partial charge in [-0.25, -0.2) is 10.4 Å². The predicted octanol–water partition coefficient (Wildman–Crippen LogP) is 3.35. The van der Waals surface area contributed by atoms with Gasteiger partial charge < -0.3 is 14.6 Å². The van der Waals surface area contributed by atoms with Crippen LogP contribution in [-0.4, -0.2) is 46.8 Å². The predicted molar refractivity (Wildman–Crippen MR) is 135 cm³/mol. The van der Waals surface area contributed by atoms with Crippen molar-refractivity contribution < 1.29 is 19.4 Å². The molecule has 4 rings (SSSR count). The molecule has 0 fully saturated rings. The number of carbonyl (C=O) groups excluding carboxylic acids is 1. The SMILES string of the molecule is COc1ccc(-n2c(SCC(=O)NN=Cc3cccc(OC)c3O)nc3ccccc3c2=O)cc1. The zero-order valence-corrected chi connectivity index (χ0v) is 19.8. The van der Waals surface area contributed by atoms with Crippen molar-refractivity contribution >= 4 is 34.8 Å². The number of aromatic hydroxyl groups is 1. The molecule has 1 aromatic heterocycles. The number of para-hydroxylation sites is 2. The zero-order valence-electron chi connectivity index (χ0n) is 19.0. The van der Waals surface area contributed by atoms with Crippen LogP contribution in [-0.2, 0) is 4.79 Å². The van der Waals surface area contributed by atoms with Crippen LogP contribution in [0.4, 0.5) is 0 Å². The van der Waals surface area contributed by atoms with Gasteiger partial charge in [0.25, 0.3) is 11.5 Å². The number of hydrazone groups is 1. The van der Waals surface area contributed by atoms with E-state index >= 15 is 0 Å². The second-order valence-electron chi connectivity index (χ2n) is 7.23. The summed E-state index contributed by atoms with van der Waals surface area (Å²) in [4.78, 5) is 30.3. The van der Waals surface area contributed by atoms with Gasteiger partial charge in [0.15, 0.2) is 16.7 Å². The number of aromatic nitrogens is 2. The number of benzene rings is 3. The highest BCUT2D eigenvalue weighted by atomic mass is 32.2. The molecule has 0 aliphatic carbocycles. The Labute approximate surface area is 205 Å². The van der Waals surface area contributed by atoms with Crippen molar-refractivity contribution in [3.63, 3.8) is 0 Å². The monoisotopic (exact) mass is 490 g/mol. The fourth-order valence-electron chi connectivity index (χ4n) is 3.31. The van der Waals surface area contributed by atoms with E-state index in [0.29, 0.717) is 38.8 Å². The van der Waals surface area contributed by atoms with E-state index in [-0.39, 0.29) is 17.1 Å². The summed E-state index contributed by atoms with van der Waals surface area (Å²) < 4.78 is 11.7. The maximum absolute atomic E-state index is 13.3. The average molecular weight is 491 g/mol. The maximum Gasteiger partial charge on any atom is 0.266 e. The van der Waals surface area contributed by atoms with Crippen LogP contribution >= 0.6 is 11.8 Å². The van der Waals surface area contributed by atoms with Crippen LogP contribution in [0.5, 0.6) is 17.2 Å². The first kappa shape index (κ1) is 23.8. The molecule has 0 saturated heterocycles. The average Bonchev–Trinajstić information content (AvgIpc) is 2.89. The molecule has 1 amide bonds. The van der Waals surface area contributed by atoms with Gasteiger partial charge in [0, 0.05) is 5.56 Å². The first-order chi connectivity index (χ1) is 17.0. The Kier molecular flexibility index (Phi) is 7.32. The summed E-state index contributed by atoms with van der Waals surface area (Å²) >= 11 is 1.11. The molecule has 1 heterocycles. The highest BCUT2D eigenvalue weighted by molar-refractivity contribution is 7.99. The van der Waals surface area contributed by atoms with Crippen LogP contribution in [0.1, 0.15) is 5.56 Å². The fraction of sp³-hybridized carbons (Fsp3) is 0.120. The Bertz CT molecular complexity index is 1450. The van der Waals surface area contributed by atoms with Gasteiger partial charge in [0.1, 0.15) is 5.75 Å². The van der Waals surface area contributed by atoms with Crippen LogP contribution < -0.4 is 20.5 Å². The molecule has 0 bridgehead atoms. The number of phenols is 1. The summed E-state index contributed by atoms with van der Waals surface area (Å²) in [7, 11) is 3.01. The molecule has 0 atom stereocenters. The van der Waals surface area contributed by atoms with Gasteiger partial charge in [-0.05, 0) is 48.5 Å². The number of hydrogen-bond acceptors (Lipinski definition) is 8. The van der Waals surface area contributed by atoms with Gasteiger partial charge in [-0.15, -0.1) is 0 Å². The Morgan fingerprint density at radius 3 is 2.60 bits per heavy atom. The van der Waals surface area contributed by atoms with E-state index in [4.69, 9.17) is 9.47 Å². The van der Waals surface area contributed by atoms with E-state index in [1.165, 1.54) is 17.9 Å². The molecule has 4 aromatic rings. The molecule has 0 aliphatic rings. The molecule has 0 saturated carbocycles. The number of nitrogens with one attached hydrogen (secondary N) is 1. The maximum atomic E-state index is 13.3. The van der Waals surface area contributed by atoms with Gasteiger partial charge in [0.2, 0.25) is 0 Å². The lowest BCUT2D eigenvalue weighted by Crippen LogP contribution is -2.24. The van der Waals surface area contributed by atoms with E-state index in [9.17, 15) is 14.7 Å². The van der Waals surface area contributed by atoms with E-state index < -0.39 is 5.91 Å². The standard InChI is InChI=1S/C25H22N4O5S/c1-33-18-12-10-17(11-13-18)29-24(32)19-7-3-4-8-20(19)27-25(29)35-15-22(30)28-26-14-16-6-5-9-21(34-2)23(16)31/h3-14,31H,15H2,1-2H3,(H,28,30). The molecule has 178 valence electrons. The number of ether oxygens (including phenoxy) is 2. The third-order valence-corrected chi connectivity index (χ3v) is 5.99. The van der Waals surface area contributed by atoms with E-state index in [1.54, 1.807) is 73.8 Å². The van der Waals surface area contributed by atoms with Crippen LogP contribution in [0.25, 0.3) is 16.6 Å². The van der Waals surface area contributed by atoms with Gasteiger partial charge in [-0.2, -0.15) is 5.10 Å². The van der Waals surface area contributed by atoms with Crippen LogP contribution in [0.2, 0.25) is 0 Å². The molecular formula is C25H22N4O5S. The second-order valence-corrected chi connectivity index (χ2v) is 8.17. The summed E-state index contributed by atoms with van der Waals surface area (Å²) in [6, 6.07) is 19.0. The third kappa shape index (κ3) is 5.28. The van der Waals surface area contributed by atoms with Gasteiger partial charge in [-0.1, -0.05) is 30.0 Å². The first-order valence-electron chi connectivity index (χ1n) is 10.5. The normalized spacial score (nSPS) is 11.0. The lowest BCUT2D eigenvalue weighted by molar-refractivity contribution is -0.118. The Hall–Kier alpha value is -4.31. The molecule has 10 heteroatoms. The van der Waals surface area contributed by atoms with Crippen LogP contribution in [0, 0.1) is 0 Å². The lowest BCUT2D eigenvalue weighted by atomic mass is 10.2. The van der Waals surface area contributed by atoms with Crippen LogP contribution in [0.3, 0.4) is 0 Å². The molecular weight excluding hydrogens is 468 g/mol. The minimum atomic E-state index is -0.405. The van der Waals surface area contributed by atoms with Crippen molar-refractivity contribution in [2.24, 2.45) is 5.10 Å². The number of fused-ring (bicyclic) bond motifs is 1. The highest BCUT2D eigenvalue weighted by Crippen LogP contribution is 2.28. The third-order valence-electron chi connectivity index (χ3n) is 5.05. The molecule has 0 aliphatic heterocycles. The summed E-state index contributed by atoms with van der Waals surface area (Å²) in [6.07, 6.45) is 1.32. The first-order valence-corrected chi connectivity index (χ1v) is 11.5. The van der Waals surface area contributed by atoms with Crippen LogP contribution in [0.15, 0.2) is 81.8 Å². The number of carbonyl (C=O) groups is 1. The van der Waals surface area contributed by atoms with Crippen molar-refractivity contribution in [3.8, 4) is 22.9 Å². The minimum absolute atomic E-state index is 0.0393. The van der Waals surface area contributed by atoms with E-state index in [2.05, 4.69) is 15.5 Å². The number of thioether (sulfide) groups is 1. The zero-order chi connectivity index (χ0) is 24.8. The smallest absolute Gasteiger partial charge is 0.266 e. The summed E-state index contributed by atoms with van der Waals surface area (Å²) in [5.74, 6) is 0.435. The Morgan fingerprint density at radius 2 is 1.86 bits per heavy atom. The summed E-state index contributed by atoms with van der Waals surface area (Å²) in [6.45, 7) is 0. The Morgan fingerprint density at radius 1 is 1.09 bits per heavy atom.